The Kier molecular flexibility index (Phi) is 8.53. The Morgan fingerprint density at radius 1 is 1.17 bits per heavy atom. The van der Waals surface area contributed by atoms with E-state index < -0.39 is 18.2 Å². The van der Waals surface area contributed by atoms with Crippen LogP contribution in [-0.2, 0) is 11.3 Å². The third-order valence-electron chi connectivity index (χ3n) is 5.89. The van der Waals surface area contributed by atoms with Crippen LogP contribution in [0.3, 0.4) is 0 Å². The number of rotatable bonds is 7. The van der Waals surface area contributed by atoms with Crippen LogP contribution in [0.1, 0.15) is 58.4 Å². The first-order chi connectivity index (χ1) is 14.1. The summed E-state index contributed by atoms with van der Waals surface area (Å²) in [6.45, 7) is 6.16. The largest absolute Gasteiger partial charge is 0.465 e. The highest BCUT2D eigenvalue weighted by atomic mass is 16.6. The Balaban J connectivity index is 2.13. The molecule has 1 aliphatic carbocycles. The van der Waals surface area contributed by atoms with Gasteiger partial charge in [0.25, 0.3) is 0 Å². The highest BCUT2D eigenvalue weighted by Gasteiger charge is 2.40. The minimum absolute atomic E-state index is 0.165. The number of carboxylic acid groups (broad SMARTS) is 1. The zero-order valence-electron chi connectivity index (χ0n) is 18.5. The molecule has 3 N–H and O–H groups in total. The number of aliphatic hydroxyl groups is 1. The standard InChI is InChI=1S/C23H36N2O5/c1-23(2,3)20(25(4)22(29)30-15-17-8-6-5-7-9-17)19(24-21(27)28)14-16-10-12-18(26)13-11-16/h5-9,16,18-20,24,26H,10-15H2,1-4H3,(H,27,28)/t16?,18?,19?,20-/m0/s1. The fourth-order valence-corrected chi connectivity index (χ4v) is 4.55. The van der Waals surface area contributed by atoms with Gasteiger partial charge in [-0.05, 0) is 49.0 Å². The average molecular weight is 421 g/mol. The molecule has 1 aromatic rings. The number of nitrogens with zero attached hydrogens (tertiary/aromatic N) is 1. The minimum atomic E-state index is -1.10. The maximum atomic E-state index is 12.8. The molecule has 2 rings (SSSR count). The number of benzene rings is 1. The second-order valence-corrected chi connectivity index (χ2v) is 9.43. The van der Waals surface area contributed by atoms with E-state index in [-0.39, 0.29) is 24.2 Å². The lowest BCUT2D eigenvalue weighted by Crippen LogP contribution is -2.58. The van der Waals surface area contributed by atoms with E-state index >= 15 is 0 Å². The van der Waals surface area contributed by atoms with Crippen molar-refractivity contribution in [1.29, 1.82) is 0 Å². The van der Waals surface area contributed by atoms with E-state index in [1.165, 1.54) is 4.90 Å². The number of hydrogen-bond acceptors (Lipinski definition) is 4. The monoisotopic (exact) mass is 420 g/mol. The molecule has 1 unspecified atom stereocenters. The van der Waals surface area contributed by atoms with Crippen molar-refractivity contribution < 1.29 is 24.5 Å². The van der Waals surface area contributed by atoms with Crippen LogP contribution in [0.25, 0.3) is 0 Å². The lowest BCUT2D eigenvalue weighted by Gasteiger charge is -2.43. The molecule has 1 aliphatic rings. The molecule has 7 nitrogen and oxygen atoms in total. The van der Waals surface area contributed by atoms with Gasteiger partial charge >= 0.3 is 12.2 Å². The van der Waals surface area contributed by atoms with Gasteiger partial charge in [0.05, 0.1) is 18.2 Å². The van der Waals surface area contributed by atoms with Crippen molar-refractivity contribution in [2.24, 2.45) is 11.3 Å². The molecule has 168 valence electrons. The van der Waals surface area contributed by atoms with Gasteiger partial charge in [-0.25, -0.2) is 9.59 Å². The smallest absolute Gasteiger partial charge is 0.410 e. The van der Waals surface area contributed by atoms with Gasteiger partial charge in [0.15, 0.2) is 0 Å². The van der Waals surface area contributed by atoms with Crippen LogP contribution >= 0.6 is 0 Å². The van der Waals surface area contributed by atoms with Crippen LogP contribution in [0.5, 0.6) is 0 Å². The number of hydrogen-bond donors (Lipinski definition) is 3. The van der Waals surface area contributed by atoms with Crippen molar-refractivity contribution in [3.8, 4) is 0 Å². The maximum Gasteiger partial charge on any atom is 0.410 e. The summed E-state index contributed by atoms with van der Waals surface area (Å²) < 4.78 is 5.50. The number of likely N-dealkylation sites (N-methyl/N-ethyl adjacent to an activating group) is 1. The first kappa shape index (κ1) is 24.0. The molecule has 0 saturated heterocycles. The highest BCUT2D eigenvalue weighted by molar-refractivity contribution is 5.69. The van der Waals surface area contributed by atoms with E-state index in [0.717, 1.165) is 31.2 Å². The molecule has 1 fully saturated rings. The Labute approximate surface area is 179 Å². The Hall–Kier alpha value is -2.28. The number of nitrogens with one attached hydrogen (secondary N) is 1. The average Bonchev–Trinajstić information content (AvgIpc) is 2.67. The summed E-state index contributed by atoms with van der Waals surface area (Å²) in [4.78, 5) is 25.9. The number of amides is 2. The van der Waals surface area contributed by atoms with Gasteiger partial charge in [0, 0.05) is 7.05 Å². The van der Waals surface area contributed by atoms with Crippen molar-refractivity contribution in [3.05, 3.63) is 35.9 Å². The van der Waals surface area contributed by atoms with Crippen molar-refractivity contribution >= 4 is 12.2 Å². The molecule has 0 aromatic heterocycles. The third-order valence-corrected chi connectivity index (χ3v) is 5.89. The summed E-state index contributed by atoms with van der Waals surface area (Å²) in [6.07, 6.45) is 1.97. The van der Waals surface area contributed by atoms with Crippen molar-refractivity contribution in [2.45, 2.75) is 77.7 Å². The first-order valence-electron chi connectivity index (χ1n) is 10.7. The summed E-state index contributed by atoms with van der Waals surface area (Å²) >= 11 is 0. The van der Waals surface area contributed by atoms with E-state index in [9.17, 15) is 19.8 Å². The molecule has 0 spiro atoms. The zero-order valence-corrected chi connectivity index (χ0v) is 18.5. The number of ether oxygens (including phenoxy) is 1. The van der Waals surface area contributed by atoms with Crippen LogP contribution in [0.15, 0.2) is 30.3 Å². The van der Waals surface area contributed by atoms with Gasteiger partial charge in [-0.2, -0.15) is 0 Å². The van der Waals surface area contributed by atoms with Gasteiger partial charge in [-0.3, -0.25) is 0 Å². The van der Waals surface area contributed by atoms with Gasteiger partial charge in [-0.1, -0.05) is 51.1 Å². The molecule has 2 atom stereocenters. The van der Waals surface area contributed by atoms with Gasteiger partial charge in [-0.15, -0.1) is 0 Å². The van der Waals surface area contributed by atoms with E-state index in [4.69, 9.17) is 4.74 Å². The predicted octanol–water partition coefficient (Wildman–Crippen LogP) is 4.25. The maximum absolute atomic E-state index is 12.8. The van der Waals surface area contributed by atoms with Crippen molar-refractivity contribution in [2.75, 3.05) is 7.05 Å². The highest BCUT2D eigenvalue weighted by Crippen LogP contribution is 2.34. The molecule has 2 amide bonds. The fraction of sp³-hybridized carbons (Fsp3) is 0.652. The van der Waals surface area contributed by atoms with Gasteiger partial charge < -0.3 is 25.2 Å². The molecule has 0 heterocycles. The second kappa shape index (κ2) is 10.7. The quantitative estimate of drug-likeness (QED) is 0.612. The number of carbonyl (C=O) groups excluding carboxylic acids is 1. The molecule has 1 aromatic carbocycles. The normalized spacial score (nSPS) is 21.4. The molecule has 0 radical (unpaired) electrons. The van der Waals surface area contributed by atoms with Gasteiger partial charge in [0.1, 0.15) is 6.61 Å². The second-order valence-electron chi connectivity index (χ2n) is 9.43. The Morgan fingerprint density at radius 2 is 1.77 bits per heavy atom. The third kappa shape index (κ3) is 7.20. The minimum Gasteiger partial charge on any atom is -0.465 e. The molecule has 7 heteroatoms. The summed E-state index contributed by atoms with van der Waals surface area (Å²) in [5.74, 6) is 0.309. The zero-order chi connectivity index (χ0) is 22.3. The summed E-state index contributed by atoms with van der Waals surface area (Å²) in [6, 6.07) is 8.64. The topological polar surface area (TPSA) is 99.1 Å². The fourth-order valence-electron chi connectivity index (χ4n) is 4.55. The van der Waals surface area contributed by atoms with Crippen molar-refractivity contribution in [1.82, 2.24) is 10.2 Å². The molecular weight excluding hydrogens is 384 g/mol. The van der Waals surface area contributed by atoms with Crippen LogP contribution < -0.4 is 5.32 Å². The molecule has 30 heavy (non-hydrogen) atoms. The molecule has 0 aliphatic heterocycles. The van der Waals surface area contributed by atoms with Crippen LogP contribution in [-0.4, -0.2) is 52.5 Å². The van der Waals surface area contributed by atoms with Crippen molar-refractivity contribution in [3.63, 3.8) is 0 Å². The van der Waals surface area contributed by atoms with Crippen LogP contribution in [0, 0.1) is 11.3 Å². The lowest BCUT2D eigenvalue weighted by atomic mass is 9.75. The van der Waals surface area contributed by atoms with Crippen LogP contribution in [0.2, 0.25) is 0 Å². The Morgan fingerprint density at radius 3 is 2.30 bits per heavy atom. The molecular formula is C23H36N2O5. The summed E-state index contributed by atoms with van der Waals surface area (Å²) in [7, 11) is 1.67. The van der Waals surface area contributed by atoms with E-state index in [0.29, 0.717) is 12.3 Å². The number of carbonyl (C=O) groups is 2. The first-order valence-corrected chi connectivity index (χ1v) is 10.7. The molecule has 1 saturated carbocycles. The van der Waals surface area contributed by atoms with E-state index in [1.54, 1.807) is 7.05 Å². The lowest BCUT2D eigenvalue weighted by molar-refractivity contribution is 0.0410. The van der Waals surface area contributed by atoms with Gasteiger partial charge in [0.2, 0.25) is 0 Å². The van der Waals surface area contributed by atoms with E-state index in [1.807, 2.05) is 51.1 Å². The van der Waals surface area contributed by atoms with E-state index in [2.05, 4.69) is 5.32 Å². The SMILES string of the molecule is CN(C(=O)OCc1ccccc1)[C@@H](C(CC1CCC(O)CC1)NC(=O)O)C(C)(C)C. The van der Waals surface area contributed by atoms with Crippen LogP contribution in [0.4, 0.5) is 9.59 Å². The Bertz CT molecular complexity index is 681. The number of aliphatic hydroxyl groups excluding tert-OH is 1. The summed E-state index contributed by atoms with van der Waals surface area (Å²) in [5.41, 5.74) is 0.523. The molecule has 0 bridgehead atoms. The summed E-state index contributed by atoms with van der Waals surface area (Å²) in [5, 5.41) is 21.9. The predicted molar refractivity (Wildman–Crippen MR) is 115 cm³/mol.